The van der Waals surface area contributed by atoms with Gasteiger partial charge in [0.25, 0.3) is 0 Å². The molecule has 0 bridgehead atoms. The highest BCUT2D eigenvalue weighted by Gasteiger charge is 2.20. The van der Waals surface area contributed by atoms with Crippen LogP contribution in [0.3, 0.4) is 0 Å². The van der Waals surface area contributed by atoms with Gasteiger partial charge in [-0.2, -0.15) is 0 Å². The molecule has 3 aromatic heterocycles. The Hall–Kier alpha value is -1.90. The van der Waals surface area contributed by atoms with Crippen molar-refractivity contribution < 1.29 is 0 Å². The predicted octanol–water partition coefficient (Wildman–Crippen LogP) is 4.72. The van der Waals surface area contributed by atoms with Crippen LogP contribution in [0.1, 0.15) is 52.9 Å². The second-order valence-electron chi connectivity index (χ2n) is 8.23. The van der Waals surface area contributed by atoms with E-state index < -0.39 is 0 Å². The first kappa shape index (κ1) is 15.0. The summed E-state index contributed by atoms with van der Waals surface area (Å²) in [5, 5.41) is 2.36. The van der Waals surface area contributed by atoms with Gasteiger partial charge in [-0.05, 0) is 12.1 Å². The van der Waals surface area contributed by atoms with Gasteiger partial charge in [-0.15, -0.1) is 0 Å². The fraction of sp³-hybridized carbons (Fsp3) is 0.474. The van der Waals surface area contributed by atoms with E-state index in [9.17, 15) is 0 Å². The maximum Gasteiger partial charge on any atom is 0.0523 e. The minimum absolute atomic E-state index is 0.0550. The molecule has 0 radical (unpaired) electrons. The summed E-state index contributed by atoms with van der Waals surface area (Å²) in [6, 6.07) is 4.43. The number of pyridine rings is 2. The third kappa shape index (κ3) is 2.29. The molecule has 0 aromatic carbocycles. The highest BCUT2D eigenvalue weighted by Crippen LogP contribution is 2.32. The molecule has 3 aromatic rings. The molecule has 3 heteroatoms. The van der Waals surface area contributed by atoms with Gasteiger partial charge < -0.3 is 4.57 Å². The van der Waals surface area contributed by atoms with Gasteiger partial charge >= 0.3 is 0 Å². The Balaban J connectivity index is 2.33. The summed E-state index contributed by atoms with van der Waals surface area (Å²) >= 11 is 0. The molecule has 3 rings (SSSR count). The maximum atomic E-state index is 4.67. The van der Waals surface area contributed by atoms with Crippen molar-refractivity contribution in [2.75, 3.05) is 0 Å². The van der Waals surface area contributed by atoms with Crippen molar-refractivity contribution in [3.8, 4) is 0 Å². The van der Waals surface area contributed by atoms with Crippen LogP contribution in [-0.2, 0) is 17.9 Å². The van der Waals surface area contributed by atoms with Crippen LogP contribution in [-0.4, -0.2) is 14.5 Å². The molecular formula is C19H25N3. The van der Waals surface area contributed by atoms with Crippen molar-refractivity contribution in [1.29, 1.82) is 0 Å². The number of hydrogen-bond donors (Lipinski definition) is 0. The van der Waals surface area contributed by atoms with Crippen LogP contribution in [0, 0.1) is 0 Å². The molecule has 116 valence electrons. The first-order valence-electron chi connectivity index (χ1n) is 7.84. The Morgan fingerprint density at radius 1 is 0.727 bits per heavy atom. The summed E-state index contributed by atoms with van der Waals surface area (Å²) in [5.41, 5.74) is 4.80. The Bertz CT molecular complexity index is 787. The number of fused-ring (bicyclic) bond motifs is 3. The van der Waals surface area contributed by atoms with Gasteiger partial charge in [0.2, 0.25) is 0 Å². The van der Waals surface area contributed by atoms with E-state index in [0.717, 1.165) is 11.4 Å². The Morgan fingerprint density at radius 2 is 1.09 bits per heavy atom. The number of rotatable bonds is 0. The lowest BCUT2D eigenvalue weighted by Gasteiger charge is -2.17. The normalized spacial score (nSPS) is 13.2. The molecule has 0 spiro atoms. The van der Waals surface area contributed by atoms with Crippen molar-refractivity contribution in [2.45, 2.75) is 52.4 Å². The van der Waals surface area contributed by atoms with E-state index in [0.29, 0.717) is 0 Å². The van der Waals surface area contributed by atoms with Crippen molar-refractivity contribution >= 4 is 21.8 Å². The van der Waals surface area contributed by atoms with E-state index in [1.807, 2.05) is 12.4 Å². The Labute approximate surface area is 132 Å². The first-order valence-corrected chi connectivity index (χ1v) is 7.84. The molecule has 0 N–H and O–H groups in total. The monoisotopic (exact) mass is 295 g/mol. The molecule has 0 aliphatic rings. The van der Waals surface area contributed by atoms with Gasteiger partial charge in [-0.3, -0.25) is 9.97 Å². The summed E-state index contributed by atoms with van der Waals surface area (Å²) in [6.45, 7) is 13.2. The van der Waals surface area contributed by atoms with Gasteiger partial charge in [-0.1, -0.05) is 41.5 Å². The fourth-order valence-corrected chi connectivity index (χ4v) is 2.81. The molecule has 0 saturated heterocycles. The van der Waals surface area contributed by atoms with Crippen LogP contribution < -0.4 is 0 Å². The molecule has 0 fully saturated rings. The van der Waals surface area contributed by atoms with Crippen LogP contribution in [0.5, 0.6) is 0 Å². The van der Waals surface area contributed by atoms with Gasteiger partial charge in [0.15, 0.2) is 0 Å². The third-order valence-electron chi connectivity index (χ3n) is 4.31. The van der Waals surface area contributed by atoms with Crippen LogP contribution in [0.4, 0.5) is 0 Å². The van der Waals surface area contributed by atoms with Crippen molar-refractivity contribution in [3.05, 3.63) is 35.9 Å². The lowest BCUT2D eigenvalue weighted by atomic mass is 9.91. The zero-order valence-electron chi connectivity index (χ0n) is 14.7. The summed E-state index contributed by atoms with van der Waals surface area (Å²) in [4.78, 5) is 9.34. The zero-order valence-corrected chi connectivity index (χ0v) is 14.7. The van der Waals surface area contributed by atoms with E-state index in [4.69, 9.17) is 0 Å². The SMILES string of the molecule is Cn1c2cc(C(C)(C)C)ncc2c2cnc(C(C)(C)C)cc21. The lowest BCUT2D eigenvalue weighted by molar-refractivity contribution is 0.570. The molecular weight excluding hydrogens is 270 g/mol. The van der Waals surface area contributed by atoms with Gasteiger partial charge in [0, 0.05) is 52.4 Å². The molecule has 0 unspecified atom stereocenters. The van der Waals surface area contributed by atoms with Crippen LogP contribution in [0.25, 0.3) is 21.8 Å². The third-order valence-corrected chi connectivity index (χ3v) is 4.31. The minimum Gasteiger partial charge on any atom is -0.343 e. The largest absolute Gasteiger partial charge is 0.343 e. The van der Waals surface area contributed by atoms with Crippen LogP contribution >= 0.6 is 0 Å². The van der Waals surface area contributed by atoms with Crippen molar-refractivity contribution in [1.82, 2.24) is 14.5 Å². The molecule has 3 heterocycles. The van der Waals surface area contributed by atoms with Crippen molar-refractivity contribution in [2.24, 2.45) is 7.05 Å². The highest BCUT2D eigenvalue weighted by molar-refractivity contribution is 6.07. The summed E-state index contributed by atoms with van der Waals surface area (Å²) < 4.78 is 2.26. The topological polar surface area (TPSA) is 30.7 Å². The molecule has 0 saturated carbocycles. The van der Waals surface area contributed by atoms with Crippen LogP contribution in [0.2, 0.25) is 0 Å². The lowest BCUT2D eigenvalue weighted by Crippen LogP contribution is -2.13. The highest BCUT2D eigenvalue weighted by atomic mass is 14.9. The summed E-state index contributed by atoms with van der Waals surface area (Å²) in [5.74, 6) is 0. The summed E-state index contributed by atoms with van der Waals surface area (Å²) in [7, 11) is 2.13. The number of aromatic nitrogens is 3. The fourth-order valence-electron chi connectivity index (χ4n) is 2.81. The molecule has 0 aliphatic carbocycles. The average Bonchev–Trinajstić information content (AvgIpc) is 2.70. The van der Waals surface area contributed by atoms with Crippen molar-refractivity contribution in [3.63, 3.8) is 0 Å². The standard InChI is InChI=1S/C19H25N3/c1-18(2,3)16-8-14-12(10-20-16)13-11-21-17(19(4,5)6)9-15(13)22(14)7/h8-11H,1-7H3. The Morgan fingerprint density at radius 3 is 1.41 bits per heavy atom. The predicted molar refractivity (Wildman–Crippen MR) is 93.4 cm³/mol. The number of aryl methyl sites for hydroxylation is 1. The molecule has 3 nitrogen and oxygen atoms in total. The van der Waals surface area contributed by atoms with Gasteiger partial charge in [-0.25, -0.2) is 0 Å². The van der Waals surface area contributed by atoms with Crippen LogP contribution in [0.15, 0.2) is 24.5 Å². The van der Waals surface area contributed by atoms with E-state index in [2.05, 4.69) is 75.3 Å². The smallest absolute Gasteiger partial charge is 0.0523 e. The average molecular weight is 295 g/mol. The van der Waals surface area contributed by atoms with E-state index in [-0.39, 0.29) is 10.8 Å². The minimum atomic E-state index is 0.0550. The molecule has 0 amide bonds. The number of hydrogen-bond acceptors (Lipinski definition) is 2. The second-order valence-corrected chi connectivity index (χ2v) is 8.23. The van der Waals surface area contributed by atoms with E-state index >= 15 is 0 Å². The van der Waals surface area contributed by atoms with E-state index in [1.165, 1.54) is 21.8 Å². The number of nitrogens with zero attached hydrogens (tertiary/aromatic N) is 3. The molecule has 0 atom stereocenters. The summed E-state index contributed by atoms with van der Waals surface area (Å²) in [6.07, 6.45) is 3.99. The molecule has 0 aliphatic heterocycles. The Kier molecular flexibility index (Phi) is 3.10. The first-order chi connectivity index (χ1) is 10.1. The second kappa shape index (κ2) is 4.55. The zero-order chi connectivity index (χ0) is 16.3. The quantitative estimate of drug-likeness (QED) is 0.601. The van der Waals surface area contributed by atoms with Gasteiger partial charge in [0.1, 0.15) is 0 Å². The van der Waals surface area contributed by atoms with Gasteiger partial charge in [0.05, 0.1) is 11.0 Å². The van der Waals surface area contributed by atoms with E-state index in [1.54, 1.807) is 0 Å². The molecule has 22 heavy (non-hydrogen) atoms. The maximum absolute atomic E-state index is 4.67.